The van der Waals surface area contributed by atoms with E-state index in [1.807, 2.05) is 0 Å². The molecule has 19 heteroatoms. The first-order chi connectivity index (χ1) is 43.3. The highest BCUT2D eigenvalue weighted by Gasteiger charge is 2.53. The maximum Gasteiger partial charge on any atom is 0.220 e. The van der Waals surface area contributed by atoms with Gasteiger partial charge in [0.05, 0.1) is 38.6 Å². The number of aliphatic hydroxyl groups is 11. The fraction of sp³-hybridized carbons (Fsp3) is 0.814. The third kappa shape index (κ3) is 33.8. The Morgan fingerprint density at radius 3 is 1.19 bits per heavy atom. The summed E-state index contributed by atoms with van der Waals surface area (Å²) in [4.78, 5) is 13.4. The number of allylic oxidation sites excluding steroid dienone is 12. The van der Waals surface area contributed by atoms with Crippen molar-refractivity contribution in [2.45, 2.75) is 336 Å². The van der Waals surface area contributed by atoms with Gasteiger partial charge in [0.15, 0.2) is 18.9 Å². The molecule has 0 radical (unpaired) electrons. The number of rotatable bonds is 52. The van der Waals surface area contributed by atoms with Crippen molar-refractivity contribution in [1.82, 2.24) is 5.32 Å². The molecule has 3 aliphatic heterocycles. The maximum absolute atomic E-state index is 13.4. The van der Waals surface area contributed by atoms with Crippen molar-refractivity contribution in [2.75, 3.05) is 26.4 Å². The summed E-state index contributed by atoms with van der Waals surface area (Å²) in [6, 6.07) is -0.916. The summed E-state index contributed by atoms with van der Waals surface area (Å²) in [7, 11) is 0. The standard InChI is InChI=1S/C70H123NO18/c1-3-5-7-9-11-13-15-17-19-21-23-25-26-28-29-31-33-35-37-39-41-43-45-47-54(75)53(71-58(76)48-46-44-42-40-38-36-34-32-30-27-24-22-20-18-16-14-12-10-8-6-4-2)52-84-68-64(82)61(79)66(56(50-73)86-68)89-70-65(83)62(80)67(57(51-74)87-70)88-69-63(81)60(78)59(77)55(49-72)85-69/h6,8,12,14,18,20,24,27,32,34,38,40,53-57,59-70,72-75,77-83H,3-5,7,9-11,13,15-17,19,21-23,25-26,28-31,33,35-37,39,41-52H2,1-2H3,(H,71,76)/b8-6-,14-12-,20-18-,27-24-,34-32-,40-38-. The zero-order chi connectivity index (χ0) is 64.7. The van der Waals surface area contributed by atoms with Gasteiger partial charge < -0.3 is 89.9 Å². The Morgan fingerprint density at radius 2 is 0.775 bits per heavy atom. The lowest BCUT2D eigenvalue weighted by Crippen LogP contribution is -2.66. The molecule has 3 saturated heterocycles. The molecular weight excluding hydrogens is 1140 g/mol. The van der Waals surface area contributed by atoms with Crippen LogP contribution in [0.15, 0.2) is 72.9 Å². The highest BCUT2D eigenvalue weighted by atomic mass is 16.8. The van der Waals surface area contributed by atoms with Crippen LogP contribution in [-0.2, 0) is 33.2 Å². The molecule has 3 rings (SSSR count). The van der Waals surface area contributed by atoms with Gasteiger partial charge in [0.25, 0.3) is 0 Å². The zero-order valence-corrected chi connectivity index (χ0v) is 54.4. The summed E-state index contributed by atoms with van der Waals surface area (Å²) in [5.41, 5.74) is 0. The monoisotopic (exact) mass is 1270 g/mol. The van der Waals surface area contributed by atoms with E-state index in [9.17, 15) is 61.0 Å². The van der Waals surface area contributed by atoms with E-state index in [0.717, 1.165) is 70.6 Å². The Bertz CT molecular complexity index is 1900. The van der Waals surface area contributed by atoms with Crippen LogP contribution in [0.4, 0.5) is 0 Å². The van der Waals surface area contributed by atoms with Crippen LogP contribution in [0.25, 0.3) is 0 Å². The number of amides is 1. The zero-order valence-electron chi connectivity index (χ0n) is 54.4. The van der Waals surface area contributed by atoms with Crippen molar-refractivity contribution in [2.24, 2.45) is 0 Å². The van der Waals surface area contributed by atoms with Gasteiger partial charge in [-0.2, -0.15) is 0 Å². The van der Waals surface area contributed by atoms with Gasteiger partial charge in [-0.25, -0.2) is 0 Å². The summed E-state index contributed by atoms with van der Waals surface area (Å²) in [5, 5.41) is 121. The SMILES string of the molecule is CC/C=C\C/C=C\C/C=C\C/C=C\C/C=C\C/C=C\CCCCC(=O)NC(COC1OC(CO)C(OC2OC(CO)C(OC3OC(CO)C(O)C(O)C3O)C(O)C2O)C(O)C1O)C(O)CCCCCCCCCCCCCCCCCCCCCCCCC. The second kappa shape index (κ2) is 51.6. The van der Waals surface area contributed by atoms with Crippen LogP contribution >= 0.6 is 0 Å². The predicted molar refractivity (Wildman–Crippen MR) is 346 cm³/mol. The fourth-order valence-corrected chi connectivity index (χ4v) is 11.4. The molecular formula is C70H123NO18. The average Bonchev–Trinajstić information content (AvgIpc) is 1.93. The fourth-order valence-electron chi connectivity index (χ4n) is 11.4. The number of carbonyl (C=O) groups excluding carboxylic acids is 1. The van der Waals surface area contributed by atoms with Crippen molar-refractivity contribution in [3.05, 3.63) is 72.9 Å². The van der Waals surface area contributed by atoms with Crippen LogP contribution < -0.4 is 5.32 Å². The molecule has 3 aliphatic rings. The molecule has 17 unspecified atom stereocenters. The number of aliphatic hydroxyl groups excluding tert-OH is 11. The van der Waals surface area contributed by atoms with Crippen molar-refractivity contribution in [3.8, 4) is 0 Å². The van der Waals surface area contributed by atoms with Crippen LogP contribution in [0, 0.1) is 0 Å². The molecule has 19 nitrogen and oxygen atoms in total. The molecule has 0 spiro atoms. The van der Waals surface area contributed by atoms with Crippen molar-refractivity contribution in [1.29, 1.82) is 0 Å². The predicted octanol–water partition coefficient (Wildman–Crippen LogP) is 8.94. The van der Waals surface area contributed by atoms with E-state index in [1.165, 1.54) is 122 Å². The molecule has 12 N–H and O–H groups in total. The second-order valence-corrected chi connectivity index (χ2v) is 24.6. The molecule has 0 bridgehead atoms. The summed E-state index contributed by atoms with van der Waals surface area (Å²) >= 11 is 0. The Kier molecular flexibility index (Phi) is 46.7. The van der Waals surface area contributed by atoms with Crippen LogP contribution in [-0.4, -0.2) is 193 Å². The summed E-state index contributed by atoms with van der Waals surface area (Å²) < 4.78 is 34.4. The van der Waals surface area contributed by atoms with Gasteiger partial charge in [-0.15, -0.1) is 0 Å². The van der Waals surface area contributed by atoms with Crippen molar-refractivity contribution < 1.29 is 89.4 Å². The van der Waals surface area contributed by atoms with Crippen LogP contribution in [0.3, 0.4) is 0 Å². The normalized spacial score (nSPS) is 28.7. The first-order valence-electron chi connectivity index (χ1n) is 34.7. The highest BCUT2D eigenvalue weighted by Crippen LogP contribution is 2.33. The molecule has 0 aromatic carbocycles. The summed E-state index contributed by atoms with van der Waals surface area (Å²) in [6.07, 6.45) is 36.9. The quantitative estimate of drug-likeness (QED) is 0.0200. The molecule has 89 heavy (non-hydrogen) atoms. The number of ether oxygens (including phenoxy) is 6. The average molecular weight is 1270 g/mol. The molecule has 0 aliphatic carbocycles. The first kappa shape index (κ1) is 80.5. The van der Waals surface area contributed by atoms with Gasteiger partial charge >= 0.3 is 0 Å². The summed E-state index contributed by atoms with van der Waals surface area (Å²) in [6.45, 7) is 1.66. The van der Waals surface area contributed by atoms with E-state index in [2.05, 4.69) is 92.1 Å². The highest BCUT2D eigenvalue weighted by molar-refractivity contribution is 5.76. The number of hydrogen-bond acceptors (Lipinski definition) is 18. The van der Waals surface area contributed by atoms with Gasteiger partial charge in [0.2, 0.25) is 5.91 Å². The topological polar surface area (TPSA) is 307 Å². The number of carbonyl (C=O) groups is 1. The summed E-state index contributed by atoms with van der Waals surface area (Å²) in [5.74, 6) is -0.285. The molecule has 1 amide bonds. The second-order valence-electron chi connectivity index (χ2n) is 24.6. The minimum atomic E-state index is -1.98. The molecule has 17 atom stereocenters. The Labute approximate surface area is 534 Å². The molecule has 3 fully saturated rings. The minimum Gasteiger partial charge on any atom is -0.394 e. The molecule has 3 heterocycles. The van der Waals surface area contributed by atoms with Gasteiger partial charge in [-0.05, 0) is 64.2 Å². The smallest absolute Gasteiger partial charge is 0.220 e. The van der Waals surface area contributed by atoms with Crippen molar-refractivity contribution in [3.63, 3.8) is 0 Å². The third-order valence-corrected chi connectivity index (χ3v) is 17.0. The molecule has 516 valence electrons. The van der Waals surface area contributed by atoms with E-state index < -0.39 is 124 Å². The van der Waals surface area contributed by atoms with E-state index in [4.69, 9.17) is 28.4 Å². The van der Waals surface area contributed by atoms with E-state index in [1.54, 1.807) is 0 Å². The molecule has 0 saturated carbocycles. The van der Waals surface area contributed by atoms with Gasteiger partial charge in [0, 0.05) is 6.42 Å². The maximum atomic E-state index is 13.4. The van der Waals surface area contributed by atoms with Crippen LogP contribution in [0.1, 0.15) is 232 Å². The lowest BCUT2D eigenvalue weighted by Gasteiger charge is -2.48. The largest absolute Gasteiger partial charge is 0.394 e. The number of unbranched alkanes of at least 4 members (excludes halogenated alkanes) is 24. The van der Waals surface area contributed by atoms with Crippen LogP contribution in [0.5, 0.6) is 0 Å². The van der Waals surface area contributed by atoms with Gasteiger partial charge in [-0.1, -0.05) is 234 Å². The van der Waals surface area contributed by atoms with E-state index in [0.29, 0.717) is 19.3 Å². The van der Waals surface area contributed by atoms with Crippen molar-refractivity contribution >= 4 is 5.91 Å². The lowest BCUT2D eigenvalue weighted by molar-refractivity contribution is -0.379. The van der Waals surface area contributed by atoms with E-state index in [-0.39, 0.29) is 18.9 Å². The van der Waals surface area contributed by atoms with Gasteiger partial charge in [0.1, 0.15) is 73.2 Å². The molecule has 0 aromatic rings. The molecule has 0 aromatic heterocycles. The Morgan fingerprint density at radius 1 is 0.416 bits per heavy atom. The van der Waals surface area contributed by atoms with E-state index >= 15 is 0 Å². The van der Waals surface area contributed by atoms with Crippen LogP contribution in [0.2, 0.25) is 0 Å². The Hall–Kier alpha value is -2.77. The first-order valence-corrected chi connectivity index (χ1v) is 34.7. The third-order valence-electron chi connectivity index (χ3n) is 17.0. The number of nitrogens with one attached hydrogen (secondary N) is 1. The lowest BCUT2D eigenvalue weighted by atomic mass is 9.96. The minimum absolute atomic E-state index is 0.208. The number of hydrogen-bond donors (Lipinski definition) is 12. The van der Waals surface area contributed by atoms with Gasteiger partial charge in [-0.3, -0.25) is 4.79 Å². The Balaban J connectivity index is 1.46.